The van der Waals surface area contributed by atoms with Gasteiger partial charge in [0, 0.05) is 37.8 Å². The number of hydrogen-bond donors (Lipinski definition) is 3. The minimum atomic E-state index is -0.732. The number of carbonyl (C=O) groups excluding carboxylic acids is 1. The van der Waals surface area contributed by atoms with Gasteiger partial charge in [-0.2, -0.15) is 5.26 Å². The highest BCUT2D eigenvalue weighted by Crippen LogP contribution is 2.34. The van der Waals surface area contributed by atoms with E-state index in [4.69, 9.17) is 23.7 Å². The lowest BCUT2D eigenvalue weighted by Crippen LogP contribution is -2.45. The Bertz CT molecular complexity index is 901. The number of β-amino-alcohol motifs (C(OH)–C–C–N with tert-alkyl or cyclic N) is 1. The van der Waals surface area contributed by atoms with Crippen LogP contribution in [0.5, 0.6) is 0 Å². The number of carbonyl (C=O) groups is 1. The van der Waals surface area contributed by atoms with Gasteiger partial charge in [-0.25, -0.2) is 0 Å². The van der Waals surface area contributed by atoms with E-state index in [-0.39, 0.29) is 48.0 Å². The Morgan fingerprint density at radius 2 is 1.70 bits per heavy atom. The zero-order valence-electron chi connectivity index (χ0n) is 28.2. The maximum Gasteiger partial charge on any atom is 0.311 e. The van der Waals surface area contributed by atoms with Crippen LogP contribution < -0.4 is 5.32 Å². The van der Waals surface area contributed by atoms with E-state index in [2.05, 4.69) is 32.2 Å². The molecule has 0 aliphatic carbocycles. The van der Waals surface area contributed by atoms with Crippen molar-refractivity contribution in [3.05, 3.63) is 0 Å². The molecule has 0 radical (unpaired) electrons. The Kier molecular flexibility index (Phi) is 15.3. The molecular formula is C34H60N2O8. The van der Waals surface area contributed by atoms with Crippen LogP contribution in [0.25, 0.3) is 0 Å². The third-order valence-corrected chi connectivity index (χ3v) is 10.3. The summed E-state index contributed by atoms with van der Waals surface area (Å²) >= 11 is 0. The van der Waals surface area contributed by atoms with Crippen molar-refractivity contribution >= 4 is 5.97 Å². The number of cyclic esters (lactones) is 1. The van der Waals surface area contributed by atoms with E-state index in [1.165, 1.54) is 0 Å². The fourth-order valence-corrected chi connectivity index (χ4v) is 7.14. The number of rotatable bonds is 6. The monoisotopic (exact) mass is 624 g/mol. The van der Waals surface area contributed by atoms with Crippen molar-refractivity contribution < 1.29 is 38.7 Å². The predicted molar refractivity (Wildman–Crippen MR) is 166 cm³/mol. The van der Waals surface area contributed by atoms with Gasteiger partial charge in [0.15, 0.2) is 6.29 Å². The second kappa shape index (κ2) is 18.1. The van der Waals surface area contributed by atoms with Gasteiger partial charge in [-0.15, -0.1) is 0 Å². The zero-order chi connectivity index (χ0) is 32.4. The molecule has 0 bridgehead atoms. The molecule has 3 aliphatic rings. The summed E-state index contributed by atoms with van der Waals surface area (Å²) in [4.78, 5) is 13.8. The molecule has 3 rings (SSSR count). The number of ether oxygens (including phenoxy) is 5. The molecule has 0 aromatic heterocycles. The van der Waals surface area contributed by atoms with Crippen LogP contribution in [0.1, 0.15) is 93.4 Å². The van der Waals surface area contributed by atoms with Gasteiger partial charge in [0.25, 0.3) is 0 Å². The molecule has 14 atom stereocenters. The first-order valence-corrected chi connectivity index (χ1v) is 17.1. The van der Waals surface area contributed by atoms with Crippen LogP contribution in [0.15, 0.2) is 0 Å². The maximum absolute atomic E-state index is 13.8. The molecule has 0 spiro atoms. The second-order valence-corrected chi connectivity index (χ2v) is 14.0. The summed E-state index contributed by atoms with van der Waals surface area (Å²) in [6.45, 7) is 16.3. The molecule has 44 heavy (non-hydrogen) atoms. The molecule has 10 nitrogen and oxygen atoms in total. The predicted octanol–water partition coefficient (Wildman–Crippen LogP) is 4.21. The number of esters is 1. The normalized spacial score (nSPS) is 44.0. The molecule has 3 heterocycles. The Morgan fingerprint density at radius 3 is 2.39 bits per heavy atom. The third kappa shape index (κ3) is 10.6. The van der Waals surface area contributed by atoms with Gasteiger partial charge in [-0.3, -0.25) is 4.79 Å². The fraction of sp³-hybridized carbons (Fsp3) is 0.941. The van der Waals surface area contributed by atoms with Crippen LogP contribution in [0.3, 0.4) is 0 Å². The van der Waals surface area contributed by atoms with Crippen molar-refractivity contribution in [2.45, 2.75) is 142 Å². The van der Waals surface area contributed by atoms with E-state index in [9.17, 15) is 20.3 Å². The number of hydrogen-bond acceptors (Lipinski definition) is 10. The third-order valence-electron chi connectivity index (χ3n) is 10.3. The first-order chi connectivity index (χ1) is 20.9. The molecule has 0 aromatic carbocycles. The summed E-state index contributed by atoms with van der Waals surface area (Å²) in [5.41, 5.74) is 0. The average molecular weight is 625 g/mol. The maximum atomic E-state index is 13.8. The molecular weight excluding hydrogens is 564 g/mol. The van der Waals surface area contributed by atoms with Gasteiger partial charge in [0.05, 0.1) is 49.1 Å². The Hall–Kier alpha value is -1.32. The molecule has 0 saturated carbocycles. The number of nitrogens with zero attached hydrogens (tertiary/aromatic N) is 1. The van der Waals surface area contributed by atoms with E-state index in [1.54, 1.807) is 0 Å². The summed E-state index contributed by atoms with van der Waals surface area (Å²) in [5, 5.41) is 34.4. The van der Waals surface area contributed by atoms with Crippen LogP contribution in [0.2, 0.25) is 0 Å². The number of aliphatic hydroxyl groups excluding tert-OH is 2. The summed E-state index contributed by atoms with van der Waals surface area (Å²) in [6.07, 6.45) is 0.626. The number of nitrogens with one attached hydrogen (secondary N) is 1. The van der Waals surface area contributed by atoms with Crippen molar-refractivity contribution in [1.82, 2.24) is 5.32 Å². The van der Waals surface area contributed by atoms with E-state index in [0.717, 1.165) is 19.4 Å². The molecule has 254 valence electrons. The van der Waals surface area contributed by atoms with Gasteiger partial charge in [-0.05, 0) is 70.3 Å². The van der Waals surface area contributed by atoms with Gasteiger partial charge in [0.1, 0.15) is 12.2 Å². The van der Waals surface area contributed by atoms with Crippen LogP contribution in [0.4, 0.5) is 0 Å². The Balaban J connectivity index is 1.92. The van der Waals surface area contributed by atoms with Crippen LogP contribution in [-0.4, -0.2) is 91.5 Å². The van der Waals surface area contributed by atoms with Gasteiger partial charge in [-0.1, -0.05) is 34.6 Å². The van der Waals surface area contributed by atoms with Crippen molar-refractivity contribution in [2.75, 3.05) is 26.3 Å². The largest absolute Gasteiger partial charge is 0.462 e. The van der Waals surface area contributed by atoms with E-state index in [1.807, 2.05) is 27.7 Å². The second-order valence-electron chi connectivity index (χ2n) is 14.0. The smallest absolute Gasteiger partial charge is 0.311 e. The number of aliphatic hydroxyl groups is 2. The SMILES string of the molecule is CC[C@H]1OC(=O)[C@H](C)[C@@H](O[C@H]2CO[C@@H](C)C(CC#N)C(C)C2)C[C@@H](O[C@@H]2OCCC[C@H]2O)[C@@H](C)C[C@@H](C)CNC[C@@H](O)[C@H]1C. The summed E-state index contributed by atoms with van der Waals surface area (Å²) in [6, 6.07) is 2.31. The Labute approximate surface area is 265 Å². The van der Waals surface area contributed by atoms with Crippen LogP contribution in [-0.2, 0) is 28.5 Å². The lowest BCUT2D eigenvalue weighted by Gasteiger charge is -2.37. The minimum Gasteiger partial charge on any atom is -0.462 e. The first kappa shape index (κ1) is 37.1. The number of nitriles is 1. The molecule has 2 unspecified atom stereocenters. The molecule has 10 heteroatoms. The topological polar surface area (TPSA) is 140 Å². The molecule has 0 amide bonds. The van der Waals surface area contributed by atoms with Gasteiger partial charge < -0.3 is 39.2 Å². The van der Waals surface area contributed by atoms with E-state index >= 15 is 0 Å². The Morgan fingerprint density at radius 1 is 0.955 bits per heavy atom. The van der Waals surface area contributed by atoms with Gasteiger partial charge in [0.2, 0.25) is 0 Å². The summed E-state index contributed by atoms with van der Waals surface area (Å²) in [7, 11) is 0. The lowest BCUT2D eigenvalue weighted by atomic mass is 9.84. The molecule has 3 fully saturated rings. The zero-order valence-corrected chi connectivity index (χ0v) is 28.2. The fourth-order valence-electron chi connectivity index (χ4n) is 7.14. The molecule has 3 saturated heterocycles. The van der Waals surface area contributed by atoms with Crippen LogP contribution >= 0.6 is 0 Å². The van der Waals surface area contributed by atoms with Gasteiger partial charge >= 0.3 is 5.97 Å². The van der Waals surface area contributed by atoms with E-state index in [0.29, 0.717) is 57.8 Å². The molecule has 3 aliphatic heterocycles. The standard InChI is InChI=1S/C34H60N2O8/c1-8-30-23(5)29(38)18-36-17-20(2)14-22(4)31(44-34-28(37)10-9-13-40-34)16-32(24(6)33(39)43-30)42-26-15-21(3)27(11-12-35)25(7)41-19-26/h20-32,34,36-38H,8-11,13-19H2,1-7H3/t20-,21?,22+,23-,24-,25+,26-,27?,28-,29-,30-,31-,32+,34+/m1/s1. The minimum absolute atomic E-state index is 0.0667. The van der Waals surface area contributed by atoms with E-state index < -0.39 is 36.6 Å². The van der Waals surface area contributed by atoms with Crippen molar-refractivity contribution in [1.29, 1.82) is 5.26 Å². The quantitative estimate of drug-likeness (QED) is 0.368. The first-order valence-electron chi connectivity index (χ1n) is 17.1. The van der Waals surface area contributed by atoms with Crippen molar-refractivity contribution in [3.63, 3.8) is 0 Å². The highest BCUT2D eigenvalue weighted by molar-refractivity contribution is 5.73. The highest BCUT2D eigenvalue weighted by Gasteiger charge is 2.40. The van der Waals surface area contributed by atoms with Crippen molar-refractivity contribution in [3.8, 4) is 6.07 Å². The molecule has 3 N–H and O–H groups in total. The van der Waals surface area contributed by atoms with Crippen molar-refractivity contribution in [2.24, 2.45) is 35.5 Å². The average Bonchev–Trinajstić information content (AvgIpc) is 3.12. The van der Waals surface area contributed by atoms with Crippen LogP contribution in [0, 0.1) is 46.8 Å². The summed E-state index contributed by atoms with van der Waals surface area (Å²) in [5.74, 6) is -0.533. The lowest BCUT2D eigenvalue weighted by molar-refractivity contribution is -0.248. The summed E-state index contributed by atoms with van der Waals surface area (Å²) < 4.78 is 31.5. The molecule has 0 aromatic rings. The highest BCUT2D eigenvalue weighted by atomic mass is 16.7.